The van der Waals surface area contributed by atoms with Gasteiger partial charge in [-0.25, -0.2) is 17.8 Å². The SMILES string of the molecule is CC(C)CN(C[C@@H](O)[C@H](Cc1ccc(OCP(=O)(Oc2ccccc2)Oc2ccccc2)cc1)NC(=O)OC1CCOC1)S(=O)(=O)c1ccc(N)cc1. The zero-order valence-electron chi connectivity index (χ0n) is 29.7. The molecule has 0 aliphatic carbocycles. The van der Waals surface area contributed by atoms with Crippen molar-refractivity contribution in [1.82, 2.24) is 9.62 Å². The van der Waals surface area contributed by atoms with E-state index in [1.54, 1.807) is 72.8 Å². The van der Waals surface area contributed by atoms with Crippen molar-refractivity contribution in [2.24, 2.45) is 5.92 Å². The van der Waals surface area contributed by atoms with Gasteiger partial charge in [0.15, 0.2) is 0 Å². The van der Waals surface area contributed by atoms with Gasteiger partial charge in [0.2, 0.25) is 16.4 Å². The van der Waals surface area contributed by atoms with Crippen LogP contribution < -0.4 is 24.8 Å². The van der Waals surface area contributed by atoms with E-state index in [0.29, 0.717) is 41.5 Å². The van der Waals surface area contributed by atoms with Crippen LogP contribution in [0.1, 0.15) is 25.8 Å². The van der Waals surface area contributed by atoms with Crippen LogP contribution in [0.15, 0.2) is 114 Å². The number of anilines is 1. The van der Waals surface area contributed by atoms with Crippen molar-refractivity contribution >= 4 is 29.4 Å². The fourth-order valence-electron chi connectivity index (χ4n) is 5.51. The molecule has 4 aromatic carbocycles. The van der Waals surface area contributed by atoms with E-state index in [1.165, 1.54) is 28.6 Å². The third-order valence-electron chi connectivity index (χ3n) is 8.15. The highest BCUT2D eigenvalue weighted by Gasteiger charge is 2.33. The maximum atomic E-state index is 13.9. The summed E-state index contributed by atoms with van der Waals surface area (Å²) < 4.78 is 70.8. The van der Waals surface area contributed by atoms with Gasteiger partial charge in [-0.1, -0.05) is 62.4 Å². The van der Waals surface area contributed by atoms with Gasteiger partial charge in [0, 0.05) is 25.2 Å². The minimum atomic E-state index is -4.03. The van der Waals surface area contributed by atoms with Crippen molar-refractivity contribution in [1.29, 1.82) is 0 Å². The van der Waals surface area contributed by atoms with Gasteiger partial charge in [0.05, 0.1) is 30.3 Å². The summed E-state index contributed by atoms with van der Waals surface area (Å²) >= 11 is 0. The predicted molar refractivity (Wildman–Crippen MR) is 200 cm³/mol. The number of nitrogens with two attached hydrogens (primary N) is 1. The summed E-state index contributed by atoms with van der Waals surface area (Å²) in [6, 6.07) is 29.0. The molecule has 1 unspecified atom stereocenters. The zero-order valence-corrected chi connectivity index (χ0v) is 31.4. The molecule has 0 spiro atoms. The van der Waals surface area contributed by atoms with Crippen LogP contribution in [0.3, 0.4) is 0 Å². The Kier molecular flexibility index (Phi) is 13.8. The minimum absolute atomic E-state index is 0.0353. The molecule has 4 N–H and O–H groups in total. The number of ether oxygens (including phenoxy) is 3. The lowest BCUT2D eigenvalue weighted by Crippen LogP contribution is -2.51. The Balaban J connectivity index is 1.31. The quantitative estimate of drug-likeness (QED) is 0.0789. The predicted octanol–water partition coefficient (Wildman–Crippen LogP) is 6.09. The molecule has 5 rings (SSSR count). The van der Waals surface area contributed by atoms with E-state index in [1.807, 2.05) is 26.0 Å². The highest BCUT2D eigenvalue weighted by Crippen LogP contribution is 2.48. The molecule has 15 heteroatoms. The van der Waals surface area contributed by atoms with Crippen LogP contribution in [0, 0.1) is 5.92 Å². The van der Waals surface area contributed by atoms with Gasteiger partial charge in [-0.05, 0) is 78.6 Å². The zero-order chi connectivity index (χ0) is 37.8. The molecule has 1 fully saturated rings. The summed E-state index contributed by atoms with van der Waals surface area (Å²) in [5, 5.41) is 14.3. The number of hydrogen-bond donors (Lipinski definition) is 3. The number of aliphatic hydroxyl groups excluding tert-OH is 1. The van der Waals surface area contributed by atoms with Crippen molar-refractivity contribution in [3.63, 3.8) is 0 Å². The lowest BCUT2D eigenvalue weighted by Gasteiger charge is -2.30. The van der Waals surface area contributed by atoms with E-state index in [9.17, 15) is 22.9 Å². The van der Waals surface area contributed by atoms with Crippen molar-refractivity contribution in [3.05, 3.63) is 115 Å². The number of sulfonamides is 1. The second kappa shape index (κ2) is 18.4. The first kappa shape index (κ1) is 39.6. The number of para-hydroxylation sites is 2. The minimum Gasteiger partial charge on any atom is -0.479 e. The standard InChI is InChI=1S/C38H46N3O10PS/c1-28(2)24-41(53(45,46)35-19-15-30(39)16-20-35)25-37(42)36(40-38(43)49-34-21-22-47-26-34)23-29-13-17-31(18-14-29)48-27-52(44,50-32-9-5-3-6-10-32)51-33-11-7-4-8-12-33/h3-20,28,34,36-37,42H,21-27,39H2,1-2H3,(H,40,43)/t34?,36-,37+/m0/s1. The lowest BCUT2D eigenvalue weighted by molar-refractivity contribution is 0.0644. The van der Waals surface area contributed by atoms with Gasteiger partial charge < -0.3 is 39.4 Å². The van der Waals surface area contributed by atoms with Gasteiger partial charge >= 0.3 is 13.7 Å². The van der Waals surface area contributed by atoms with E-state index < -0.39 is 48.3 Å². The van der Waals surface area contributed by atoms with E-state index in [4.69, 9.17) is 29.0 Å². The highest BCUT2D eigenvalue weighted by atomic mass is 32.2. The van der Waals surface area contributed by atoms with Crippen LogP contribution >= 0.6 is 7.60 Å². The Bertz CT molecular complexity index is 1850. The van der Waals surface area contributed by atoms with E-state index in [-0.39, 0.29) is 36.9 Å². The van der Waals surface area contributed by atoms with Gasteiger partial charge in [-0.3, -0.25) is 0 Å². The van der Waals surface area contributed by atoms with Crippen LogP contribution in [-0.4, -0.2) is 74.8 Å². The van der Waals surface area contributed by atoms with Crippen molar-refractivity contribution in [2.75, 3.05) is 38.4 Å². The fourth-order valence-corrected chi connectivity index (χ4v) is 8.47. The monoisotopic (exact) mass is 767 g/mol. The number of carbonyl (C=O) groups is 1. The van der Waals surface area contributed by atoms with Gasteiger partial charge in [-0.2, -0.15) is 4.31 Å². The highest BCUT2D eigenvalue weighted by molar-refractivity contribution is 7.89. The van der Waals surface area contributed by atoms with Crippen molar-refractivity contribution in [2.45, 2.75) is 49.8 Å². The number of benzene rings is 4. The molecule has 0 aromatic heterocycles. The van der Waals surface area contributed by atoms with Crippen molar-refractivity contribution < 1.29 is 46.1 Å². The Morgan fingerprint density at radius 1 is 0.906 bits per heavy atom. The van der Waals surface area contributed by atoms with E-state index >= 15 is 0 Å². The smallest absolute Gasteiger partial charge is 0.468 e. The van der Waals surface area contributed by atoms with Gasteiger partial charge in [0.1, 0.15) is 23.4 Å². The summed E-state index contributed by atoms with van der Waals surface area (Å²) in [5.41, 5.74) is 6.89. The van der Waals surface area contributed by atoms with Crippen molar-refractivity contribution in [3.8, 4) is 17.2 Å². The fraction of sp³-hybridized carbons (Fsp3) is 0.342. The Hall–Kier alpha value is -4.59. The maximum Gasteiger partial charge on any atom is 0.468 e. The van der Waals surface area contributed by atoms with Crippen LogP contribution in [-0.2, 0) is 30.5 Å². The Labute approximate surface area is 310 Å². The Morgan fingerprint density at radius 2 is 1.51 bits per heavy atom. The van der Waals surface area contributed by atoms with Crippen LogP contribution in [0.5, 0.6) is 17.2 Å². The molecule has 53 heavy (non-hydrogen) atoms. The van der Waals surface area contributed by atoms with Gasteiger partial charge in [0.25, 0.3) is 0 Å². The average molecular weight is 768 g/mol. The molecule has 3 atom stereocenters. The number of nitrogens with one attached hydrogen (secondary N) is 1. The number of rotatable bonds is 18. The maximum absolute atomic E-state index is 13.9. The first-order valence-corrected chi connectivity index (χ1v) is 20.4. The summed E-state index contributed by atoms with van der Waals surface area (Å²) in [6.45, 7) is 4.30. The Morgan fingerprint density at radius 3 is 2.06 bits per heavy atom. The summed E-state index contributed by atoms with van der Waals surface area (Å²) in [6.07, 6.45) is -2.26. The largest absolute Gasteiger partial charge is 0.479 e. The molecule has 1 aliphatic rings. The first-order chi connectivity index (χ1) is 25.4. The normalized spacial score (nSPS) is 15.8. The summed E-state index contributed by atoms with van der Waals surface area (Å²) in [7, 11) is -7.88. The van der Waals surface area contributed by atoms with Crippen LogP contribution in [0.4, 0.5) is 10.5 Å². The topological polar surface area (TPSA) is 176 Å². The molecule has 0 saturated carbocycles. The van der Waals surface area contributed by atoms with Crippen LogP contribution in [0.2, 0.25) is 0 Å². The second-order valence-corrected chi connectivity index (χ2v) is 16.8. The molecule has 1 amide bonds. The number of hydrogen-bond acceptors (Lipinski definition) is 11. The molecule has 0 bridgehead atoms. The number of amides is 1. The number of alkyl carbamates (subject to hydrolysis) is 1. The number of nitrogen functional groups attached to an aromatic ring is 1. The molecule has 284 valence electrons. The molecule has 0 radical (unpaired) electrons. The molecule has 1 saturated heterocycles. The third kappa shape index (κ3) is 12.0. The average Bonchev–Trinajstić information content (AvgIpc) is 3.64. The van der Waals surface area contributed by atoms with Gasteiger partial charge in [-0.15, -0.1) is 0 Å². The van der Waals surface area contributed by atoms with E-state index in [0.717, 1.165) is 0 Å². The first-order valence-electron chi connectivity index (χ1n) is 17.3. The summed E-state index contributed by atoms with van der Waals surface area (Å²) in [4.78, 5) is 13.0. The summed E-state index contributed by atoms with van der Waals surface area (Å²) in [5.74, 6) is 1.01. The molecular formula is C38H46N3O10PS. The third-order valence-corrected chi connectivity index (χ3v) is 11.4. The molecule has 1 aliphatic heterocycles. The van der Waals surface area contributed by atoms with E-state index in [2.05, 4.69) is 5.32 Å². The number of carbonyl (C=O) groups excluding carboxylic acids is 1. The molecule has 1 heterocycles. The second-order valence-electron chi connectivity index (χ2n) is 13.0. The number of aliphatic hydroxyl groups is 1. The molecule has 13 nitrogen and oxygen atoms in total. The molecular weight excluding hydrogens is 721 g/mol. The molecule has 4 aromatic rings. The number of nitrogens with zero attached hydrogens (tertiary/aromatic N) is 1. The lowest BCUT2D eigenvalue weighted by atomic mass is 10.0. The van der Waals surface area contributed by atoms with Crippen LogP contribution in [0.25, 0.3) is 0 Å².